The molecule has 0 atom stereocenters. The van der Waals surface area contributed by atoms with Crippen molar-refractivity contribution in [1.82, 2.24) is 0 Å². The molecule has 7 nitrogen and oxygen atoms in total. The van der Waals surface area contributed by atoms with Gasteiger partial charge in [0.1, 0.15) is 5.60 Å². The first kappa shape index (κ1) is 20.6. The van der Waals surface area contributed by atoms with E-state index in [1.807, 2.05) is 0 Å². The summed E-state index contributed by atoms with van der Waals surface area (Å²) in [5.41, 5.74) is -2.97. The molecule has 0 saturated carbocycles. The molecule has 0 aliphatic heterocycles. The van der Waals surface area contributed by atoms with Gasteiger partial charge in [0, 0.05) is 24.8 Å². The van der Waals surface area contributed by atoms with Crippen LogP contribution in [0.25, 0.3) is 0 Å². The van der Waals surface area contributed by atoms with E-state index in [4.69, 9.17) is 5.11 Å². The van der Waals surface area contributed by atoms with Gasteiger partial charge in [-0.15, -0.1) is 0 Å². The molecule has 0 radical (unpaired) electrons. The van der Waals surface area contributed by atoms with Crippen LogP contribution in [0.1, 0.15) is 12.8 Å². The topological polar surface area (TPSA) is 141 Å². The third-order valence-corrected chi connectivity index (χ3v) is 1.25. The van der Waals surface area contributed by atoms with Gasteiger partial charge < -0.3 is 34.8 Å². The molecule has 15 heavy (non-hydrogen) atoms. The molecule has 0 amide bonds. The second-order valence-electron chi connectivity index (χ2n) is 2.42. The first-order valence-electron chi connectivity index (χ1n) is 3.11. The minimum Gasteiger partial charge on any atom is -0.550 e. The predicted octanol–water partition coefficient (Wildman–Crippen LogP) is -8.25. The van der Waals surface area contributed by atoms with Gasteiger partial charge >= 0.3 is 54.5 Å². The molecule has 0 aromatic carbocycles. The monoisotopic (exact) mass is 335 g/mol. The molecule has 0 unspecified atom stereocenters. The van der Waals surface area contributed by atoms with Gasteiger partial charge in [0.15, 0.2) is 0 Å². The van der Waals surface area contributed by atoms with Crippen LogP contribution in [0.4, 0.5) is 0 Å². The van der Waals surface area contributed by atoms with E-state index in [2.05, 4.69) is 0 Å². The van der Waals surface area contributed by atoms with Gasteiger partial charge in [0.05, 0.1) is 5.97 Å². The van der Waals surface area contributed by atoms with Crippen molar-refractivity contribution in [2.24, 2.45) is 0 Å². The summed E-state index contributed by atoms with van der Waals surface area (Å²) in [6, 6.07) is 0. The number of carboxylic acid groups (broad SMARTS) is 3. The molecule has 0 aromatic heterocycles. The summed E-state index contributed by atoms with van der Waals surface area (Å²) in [6.45, 7) is 0. The Labute approximate surface area is 125 Å². The van der Waals surface area contributed by atoms with E-state index in [-0.39, 0.29) is 54.5 Å². The zero-order valence-electron chi connectivity index (χ0n) is 7.89. The van der Waals surface area contributed by atoms with Crippen molar-refractivity contribution >= 4 is 17.9 Å². The van der Waals surface area contributed by atoms with Crippen molar-refractivity contribution in [1.29, 1.82) is 0 Å². The standard InChI is InChI=1S/C6H8O7.La.Li/c7-3(8)1-6(13,5(11)12)2-4(9)10;;/h13H,1-2H2,(H,7,8)(H,9,10)(H,11,12);;/q;+3;+1/p-3. The van der Waals surface area contributed by atoms with Crippen molar-refractivity contribution in [2.75, 3.05) is 0 Å². The van der Waals surface area contributed by atoms with Gasteiger partial charge in [-0.1, -0.05) is 0 Å². The Morgan fingerprint density at radius 2 is 1.27 bits per heavy atom. The van der Waals surface area contributed by atoms with Gasteiger partial charge in [-0.05, 0) is 0 Å². The zero-order chi connectivity index (χ0) is 10.6. The molecule has 1 N–H and O–H groups in total. The SMILES string of the molecule is O=C([O-])CC(O)(CC(=O)[O-])C(=O)[O-].[La+3].[Li+]. The van der Waals surface area contributed by atoms with Crippen LogP contribution in [0.3, 0.4) is 0 Å². The Bertz CT molecular complexity index is 238. The number of carboxylic acids is 3. The second kappa shape index (κ2) is 8.33. The molecule has 0 rings (SSSR count). The number of carbonyl (C=O) groups is 3. The molecule has 0 aromatic rings. The third-order valence-electron chi connectivity index (χ3n) is 1.25. The van der Waals surface area contributed by atoms with E-state index < -0.39 is 36.4 Å². The van der Waals surface area contributed by atoms with Crippen molar-refractivity contribution in [3.63, 3.8) is 0 Å². The van der Waals surface area contributed by atoms with Crippen LogP contribution in [0.2, 0.25) is 0 Å². The fraction of sp³-hybridized carbons (Fsp3) is 0.500. The molecule has 0 aliphatic rings. The summed E-state index contributed by atoms with van der Waals surface area (Å²) < 4.78 is 0. The maximum Gasteiger partial charge on any atom is 3.00 e. The normalized spacial score (nSPS) is 9.40. The summed E-state index contributed by atoms with van der Waals surface area (Å²) in [5, 5.41) is 38.9. The number of carbonyl (C=O) groups excluding carboxylic acids is 3. The average Bonchev–Trinajstić information content (AvgIpc) is 1.82. The predicted molar refractivity (Wildman–Crippen MR) is 29.2 cm³/mol. The van der Waals surface area contributed by atoms with Crippen LogP contribution in [-0.4, -0.2) is 28.6 Å². The number of rotatable bonds is 5. The number of aliphatic carboxylic acids is 3. The van der Waals surface area contributed by atoms with Crippen molar-refractivity contribution in [3.05, 3.63) is 0 Å². The summed E-state index contributed by atoms with van der Waals surface area (Å²) in [7, 11) is 0. The quantitative estimate of drug-likeness (QED) is 0.492. The van der Waals surface area contributed by atoms with E-state index >= 15 is 0 Å². The van der Waals surface area contributed by atoms with E-state index in [1.165, 1.54) is 0 Å². The van der Waals surface area contributed by atoms with Crippen LogP contribution in [0.15, 0.2) is 0 Å². The largest absolute Gasteiger partial charge is 3.00 e. The van der Waals surface area contributed by atoms with Crippen LogP contribution in [0.5, 0.6) is 0 Å². The first-order chi connectivity index (χ1) is 5.78. The molecular weight excluding hydrogens is 330 g/mol. The van der Waals surface area contributed by atoms with Crippen LogP contribution < -0.4 is 34.2 Å². The molecule has 0 spiro atoms. The Hall–Kier alpha value is 0.162. The average molecular weight is 335 g/mol. The first-order valence-corrected chi connectivity index (χ1v) is 3.11. The fourth-order valence-electron chi connectivity index (χ4n) is 0.684. The molecular formula is C6H5LaLiO7+. The third kappa shape index (κ3) is 8.02. The van der Waals surface area contributed by atoms with E-state index in [0.717, 1.165) is 0 Å². The van der Waals surface area contributed by atoms with E-state index in [9.17, 15) is 29.7 Å². The molecule has 0 heterocycles. The van der Waals surface area contributed by atoms with E-state index in [1.54, 1.807) is 0 Å². The van der Waals surface area contributed by atoms with Crippen molar-refractivity contribution < 1.29 is 89.3 Å². The number of aliphatic hydroxyl groups is 1. The van der Waals surface area contributed by atoms with Crippen LogP contribution in [0, 0.1) is 35.6 Å². The molecule has 0 saturated heterocycles. The summed E-state index contributed by atoms with van der Waals surface area (Å²) in [5.74, 6) is -5.98. The molecule has 0 aliphatic carbocycles. The maximum atomic E-state index is 10.1. The maximum absolute atomic E-state index is 10.1. The van der Waals surface area contributed by atoms with Gasteiger partial charge in [0.25, 0.3) is 0 Å². The van der Waals surface area contributed by atoms with Crippen LogP contribution >= 0.6 is 0 Å². The summed E-state index contributed by atoms with van der Waals surface area (Å²) >= 11 is 0. The van der Waals surface area contributed by atoms with Crippen LogP contribution in [-0.2, 0) is 14.4 Å². The summed E-state index contributed by atoms with van der Waals surface area (Å²) in [6.07, 6.45) is -2.72. The van der Waals surface area contributed by atoms with Gasteiger partial charge in [0.2, 0.25) is 0 Å². The van der Waals surface area contributed by atoms with Crippen molar-refractivity contribution in [2.45, 2.75) is 18.4 Å². The number of hydrogen-bond acceptors (Lipinski definition) is 7. The Morgan fingerprint density at radius 1 is 1.00 bits per heavy atom. The summed E-state index contributed by atoms with van der Waals surface area (Å²) in [4.78, 5) is 30.0. The zero-order valence-corrected chi connectivity index (χ0v) is 11.5. The molecule has 0 bridgehead atoms. The molecule has 74 valence electrons. The fourth-order valence-corrected chi connectivity index (χ4v) is 0.684. The minimum atomic E-state index is -2.97. The van der Waals surface area contributed by atoms with Gasteiger partial charge in [-0.2, -0.15) is 0 Å². The smallest absolute Gasteiger partial charge is 0.550 e. The molecule has 0 fully saturated rings. The minimum absolute atomic E-state index is 0. The van der Waals surface area contributed by atoms with Gasteiger partial charge in [-0.25, -0.2) is 0 Å². The number of hydrogen-bond donors (Lipinski definition) is 1. The van der Waals surface area contributed by atoms with Gasteiger partial charge in [-0.3, -0.25) is 0 Å². The van der Waals surface area contributed by atoms with E-state index in [0.29, 0.717) is 0 Å². The Morgan fingerprint density at radius 3 is 1.40 bits per heavy atom. The second-order valence-corrected chi connectivity index (χ2v) is 2.42. The molecule has 9 heteroatoms. The Balaban J connectivity index is -0.000000720. The Kier molecular flexibility index (Phi) is 11.4. The van der Waals surface area contributed by atoms with Crippen molar-refractivity contribution in [3.8, 4) is 0 Å².